The van der Waals surface area contributed by atoms with E-state index < -0.39 is 11.1 Å². The highest BCUT2D eigenvalue weighted by Crippen LogP contribution is 2.40. The van der Waals surface area contributed by atoms with E-state index in [1.165, 1.54) is 33.2 Å². The van der Waals surface area contributed by atoms with Crippen molar-refractivity contribution >= 4 is 27.9 Å². The van der Waals surface area contributed by atoms with E-state index in [0.29, 0.717) is 5.56 Å². The number of likely N-dealkylation sites (N-methyl/N-ethyl adjacent to an activating group) is 1. The van der Waals surface area contributed by atoms with Crippen molar-refractivity contribution in [3.63, 3.8) is 0 Å². The van der Waals surface area contributed by atoms with Crippen molar-refractivity contribution < 1.29 is 19.7 Å². The zero-order valence-electron chi connectivity index (χ0n) is 13.4. The second-order valence-corrected chi connectivity index (χ2v) is 7.48. The molecule has 9 heteroatoms. The number of nitrogens with one attached hydrogen (secondary N) is 3. The van der Waals surface area contributed by atoms with Crippen LogP contribution in [0.2, 0.25) is 0 Å². The van der Waals surface area contributed by atoms with Crippen LogP contribution in [-0.2, 0) is 13.0 Å². The molecule has 4 rings (SSSR count). The summed E-state index contributed by atoms with van der Waals surface area (Å²) in [5, 5.41) is 29.6. The maximum absolute atomic E-state index is 12.7. The van der Waals surface area contributed by atoms with Gasteiger partial charge in [0, 0.05) is 12.5 Å². The van der Waals surface area contributed by atoms with Crippen LogP contribution in [0.1, 0.15) is 32.5 Å². The molecule has 25 heavy (non-hydrogen) atoms. The van der Waals surface area contributed by atoms with Crippen LogP contribution in [0.3, 0.4) is 0 Å². The fourth-order valence-electron chi connectivity index (χ4n) is 3.42. The number of benzene rings is 1. The molecule has 3 N–H and O–H groups in total. The Labute approximate surface area is 147 Å². The van der Waals surface area contributed by atoms with Crippen LogP contribution in [0.25, 0.3) is 0 Å². The molecule has 2 aliphatic heterocycles. The topological polar surface area (TPSA) is 112 Å². The molecule has 8 nitrogen and oxygen atoms in total. The largest absolute Gasteiger partial charge is 0.872 e. The summed E-state index contributed by atoms with van der Waals surface area (Å²) in [4.78, 5) is 25.9. The van der Waals surface area contributed by atoms with Crippen LogP contribution in [0.15, 0.2) is 18.2 Å². The maximum atomic E-state index is 12.7. The number of thiophene rings is 1. The highest BCUT2D eigenvalue weighted by Gasteiger charge is 2.35. The van der Waals surface area contributed by atoms with E-state index in [1.807, 2.05) is 0 Å². The predicted molar refractivity (Wildman–Crippen MR) is 89.9 cm³/mol. The number of carbonyl (C=O) groups is 1. The lowest BCUT2D eigenvalue weighted by Crippen LogP contribution is -3.08. The Kier molecular flexibility index (Phi) is 3.62. The number of hydrogen-bond acceptors (Lipinski definition) is 6. The van der Waals surface area contributed by atoms with Gasteiger partial charge in [-0.3, -0.25) is 14.9 Å². The summed E-state index contributed by atoms with van der Waals surface area (Å²) < 4.78 is 0. The average Bonchev–Trinajstić information content (AvgIpc) is 2.92. The number of nitro benzene ring substituents is 1. The van der Waals surface area contributed by atoms with Crippen LogP contribution in [0, 0.1) is 10.1 Å². The normalized spacial score (nSPS) is 21.7. The average molecular weight is 360 g/mol. The third-order valence-electron chi connectivity index (χ3n) is 4.64. The number of nitro groups is 1. The molecule has 2 aliphatic rings. The summed E-state index contributed by atoms with van der Waals surface area (Å²) in [6.45, 7) is 1.83. The quantitative estimate of drug-likeness (QED) is 0.522. The number of amides is 1. The second kappa shape index (κ2) is 5.71. The predicted octanol–water partition coefficient (Wildman–Crippen LogP) is 0.155. The first kappa shape index (κ1) is 15.9. The number of rotatable bonds is 2. The standard InChI is InChI=1S/C16H16N4O4S/c1-19-5-4-9-12(7-19)25-16-13(9)15(22)17-14(18-16)10-6-8(21)2-3-11(10)20(23)24/h2-3,6,14,18,21H,4-5,7H2,1H3,(H,17,22)/t14-/m1/s1. The first-order chi connectivity index (χ1) is 11.9. The van der Waals surface area contributed by atoms with E-state index in [2.05, 4.69) is 17.7 Å². The van der Waals surface area contributed by atoms with E-state index in [1.54, 1.807) is 0 Å². The highest BCUT2D eigenvalue weighted by molar-refractivity contribution is 7.16. The van der Waals surface area contributed by atoms with E-state index in [-0.39, 0.29) is 22.9 Å². The van der Waals surface area contributed by atoms with Crippen molar-refractivity contribution in [1.82, 2.24) is 5.32 Å². The smallest absolute Gasteiger partial charge is 0.276 e. The summed E-state index contributed by atoms with van der Waals surface area (Å²) in [6.07, 6.45) is 0.0441. The van der Waals surface area contributed by atoms with E-state index in [4.69, 9.17) is 0 Å². The van der Waals surface area contributed by atoms with Gasteiger partial charge in [0.1, 0.15) is 17.7 Å². The van der Waals surface area contributed by atoms with Gasteiger partial charge in [0.05, 0.1) is 34.5 Å². The molecule has 0 aliphatic carbocycles. The lowest BCUT2D eigenvalue weighted by molar-refractivity contribution is -0.895. The molecule has 0 radical (unpaired) electrons. The monoisotopic (exact) mass is 360 g/mol. The molecule has 0 fully saturated rings. The molecule has 0 saturated carbocycles. The number of hydrogen-bond donors (Lipinski definition) is 3. The molecular weight excluding hydrogens is 344 g/mol. The van der Waals surface area contributed by atoms with Gasteiger partial charge in [-0.05, 0) is 5.56 Å². The van der Waals surface area contributed by atoms with Gasteiger partial charge in [-0.1, -0.05) is 12.1 Å². The Morgan fingerprint density at radius 3 is 2.92 bits per heavy atom. The Morgan fingerprint density at radius 2 is 2.16 bits per heavy atom. The van der Waals surface area contributed by atoms with Crippen molar-refractivity contribution in [2.75, 3.05) is 18.9 Å². The first-order valence-electron chi connectivity index (χ1n) is 7.92. The molecule has 0 bridgehead atoms. The zero-order chi connectivity index (χ0) is 17.7. The number of quaternary nitrogens is 1. The molecule has 1 unspecified atom stereocenters. The van der Waals surface area contributed by atoms with Crippen LogP contribution in [-0.4, -0.2) is 24.4 Å². The third-order valence-corrected chi connectivity index (χ3v) is 5.80. The summed E-state index contributed by atoms with van der Waals surface area (Å²) in [5.41, 5.74) is 1.70. The maximum Gasteiger partial charge on any atom is 0.276 e. The lowest BCUT2D eigenvalue weighted by atomic mass is 10.00. The van der Waals surface area contributed by atoms with Gasteiger partial charge in [0.2, 0.25) is 0 Å². The highest BCUT2D eigenvalue weighted by atomic mass is 32.1. The van der Waals surface area contributed by atoms with Crippen molar-refractivity contribution in [1.29, 1.82) is 0 Å². The minimum Gasteiger partial charge on any atom is -0.872 e. The number of carbonyl (C=O) groups excluding carboxylic acids is 1. The Hall–Kier alpha value is -2.65. The molecular formula is C16H16N4O4S. The van der Waals surface area contributed by atoms with Crippen molar-refractivity contribution in [2.24, 2.45) is 0 Å². The van der Waals surface area contributed by atoms with Gasteiger partial charge in [-0.2, -0.15) is 0 Å². The van der Waals surface area contributed by atoms with Gasteiger partial charge in [0.15, 0.2) is 0 Å². The van der Waals surface area contributed by atoms with Crippen LogP contribution in [0.5, 0.6) is 5.75 Å². The molecule has 2 atom stereocenters. The van der Waals surface area contributed by atoms with Gasteiger partial charge in [-0.25, -0.2) is 0 Å². The summed E-state index contributed by atoms with van der Waals surface area (Å²) in [5.74, 6) is -0.584. The summed E-state index contributed by atoms with van der Waals surface area (Å²) in [7, 11) is 2.11. The second-order valence-electron chi connectivity index (χ2n) is 6.37. The summed E-state index contributed by atoms with van der Waals surface area (Å²) in [6, 6.07) is 3.53. The molecule has 1 aromatic heterocycles. The molecule has 3 heterocycles. The third kappa shape index (κ3) is 2.61. The molecule has 1 amide bonds. The van der Waals surface area contributed by atoms with Crippen molar-refractivity contribution in [3.8, 4) is 5.75 Å². The SMILES string of the molecule is C[NH+]1CCc2c(sc3c2C(=O)N[C@@H](c2cc([O-])ccc2[N+](=O)[O-])N3)C1. The fourth-order valence-corrected chi connectivity index (χ4v) is 4.81. The Morgan fingerprint density at radius 1 is 1.36 bits per heavy atom. The van der Waals surface area contributed by atoms with E-state index >= 15 is 0 Å². The van der Waals surface area contributed by atoms with Crippen LogP contribution in [0.4, 0.5) is 10.7 Å². The van der Waals surface area contributed by atoms with Gasteiger partial charge >= 0.3 is 0 Å². The minimum atomic E-state index is -0.792. The van der Waals surface area contributed by atoms with Crippen LogP contribution < -0.4 is 20.6 Å². The van der Waals surface area contributed by atoms with Crippen molar-refractivity contribution in [2.45, 2.75) is 19.1 Å². The Balaban J connectivity index is 1.75. The number of nitrogens with zero attached hydrogens (tertiary/aromatic N) is 1. The van der Waals surface area contributed by atoms with Crippen LogP contribution >= 0.6 is 11.3 Å². The van der Waals surface area contributed by atoms with E-state index in [9.17, 15) is 20.0 Å². The van der Waals surface area contributed by atoms with Gasteiger partial charge < -0.3 is 20.6 Å². The molecule has 2 aromatic rings. The number of anilines is 1. The van der Waals surface area contributed by atoms with Gasteiger partial charge in [0.25, 0.3) is 11.6 Å². The van der Waals surface area contributed by atoms with E-state index in [0.717, 1.165) is 36.1 Å². The first-order valence-corrected chi connectivity index (χ1v) is 8.74. The minimum absolute atomic E-state index is 0.172. The molecule has 1 aromatic carbocycles. The number of fused-ring (bicyclic) bond motifs is 3. The zero-order valence-corrected chi connectivity index (χ0v) is 14.2. The summed E-state index contributed by atoms with van der Waals surface area (Å²) >= 11 is 1.52. The Bertz CT molecular complexity index is 895. The van der Waals surface area contributed by atoms with Gasteiger partial charge in [-0.15, -0.1) is 17.1 Å². The molecule has 130 valence electrons. The van der Waals surface area contributed by atoms with Crippen molar-refractivity contribution in [3.05, 3.63) is 49.9 Å². The molecule has 0 spiro atoms. The molecule has 0 saturated heterocycles. The lowest BCUT2D eigenvalue weighted by Gasteiger charge is -2.27. The fraction of sp³-hybridized carbons (Fsp3) is 0.312.